The van der Waals surface area contributed by atoms with Crippen LogP contribution in [0.1, 0.15) is 36.9 Å². The first-order chi connectivity index (χ1) is 17.6. The Morgan fingerprint density at radius 2 is 2.06 bits per heavy atom. The molecule has 0 aliphatic carbocycles. The van der Waals surface area contributed by atoms with Crippen LogP contribution in [-0.4, -0.2) is 76.9 Å². The van der Waals surface area contributed by atoms with Gasteiger partial charge in [0.2, 0.25) is 0 Å². The second kappa shape index (κ2) is 13.1. The van der Waals surface area contributed by atoms with Gasteiger partial charge in [0, 0.05) is 37.8 Å². The number of methoxy groups -OCH3 is 1. The zero-order valence-corrected chi connectivity index (χ0v) is 20.9. The molecule has 0 radical (unpaired) electrons. The third-order valence-electron chi connectivity index (χ3n) is 6.61. The van der Waals surface area contributed by atoms with Gasteiger partial charge >= 0.3 is 5.97 Å². The molecule has 2 aromatic heterocycles. The van der Waals surface area contributed by atoms with Crippen LogP contribution in [0.2, 0.25) is 0 Å². The van der Waals surface area contributed by atoms with Gasteiger partial charge in [0.1, 0.15) is 24.0 Å². The van der Waals surface area contributed by atoms with E-state index in [0.717, 1.165) is 67.7 Å². The Bertz CT molecular complexity index is 1140. The molecule has 1 atom stereocenters. The Balaban J connectivity index is 1.29. The van der Waals surface area contributed by atoms with E-state index in [0.29, 0.717) is 25.4 Å². The Morgan fingerprint density at radius 1 is 1.17 bits per heavy atom. The second-order valence-electron chi connectivity index (χ2n) is 9.20. The van der Waals surface area contributed by atoms with Crippen LogP contribution in [0.5, 0.6) is 0 Å². The number of carbonyl (C=O) groups is 1. The normalized spacial score (nSPS) is 13.8. The van der Waals surface area contributed by atoms with E-state index in [9.17, 15) is 9.90 Å². The van der Waals surface area contributed by atoms with Crippen molar-refractivity contribution in [2.45, 2.75) is 44.6 Å². The molecular formula is C27H36N6O3. The predicted molar refractivity (Wildman–Crippen MR) is 142 cm³/mol. The van der Waals surface area contributed by atoms with E-state index in [1.807, 2.05) is 24.3 Å². The van der Waals surface area contributed by atoms with Crippen LogP contribution >= 0.6 is 0 Å². The number of para-hydroxylation sites is 1. The van der Waals surface area contributed by atoms with E-state index in [1.54, 1.807) is 7.11 Å². The lowest BCUT2D eigenvalue weighted by atomic mass is 10.1. The van der Waals surface area contributed by atoms with Crippen LogP contribution in [0.15, 0.2) is 42.7 Å². The number of aromatic nitrogens is 3. The smallest absolute Gasteiger partial charge is 0.326 e. The number of anilines is 2. The molecule has 0 bridgehead atoms. The largest absolute Gasteiger partial charge is 0.480 e. The Kier molecular flexibility index (Phi) is 9.40. The third-order valence-corrected chi connectivity index (χ3v) is 6.61. The zero-order valence-electron chi connectivity index (χ0n) is 20.9. The molecule has 9 heteroatoms. The zero-order chi connectivity index (χ0) is 25.2. The highest BCUT2D eigenvalue weighted by Gasteiger charge is 2.20. The number of nitrogens with zero attached hydrogens (tertiary/aromatic N) is 4. The molecule has 4 rings (SSSR count). The van der Waals surface area contributed by atoms with Crippen molar-refractivity contribution in [3.05, 3.63) is 54.0 Å². The number of aliphatic carboxylic acids is 1. The number of unbranched alkanes of at least 4 members (excludes halogenated alkanes) is 1. The first-order valence-corrected chi connectivity index (χ1v) is 12.8. The molecule has 3 heterocycles. The minimum atomic E-state index is -0.892. The van der Waals surface area contributed by atoms with E-state index in [2.05, 4.69) is 37.6 Å². The molecule has 1 aliphatic rings. The maximum atomic E-state index is 12.0. The molecule has 0 saturated carbocycles. The van der Waals surface area contributed by atoms with Crippen molar-refractivity contribution >= 4 is 28.5 Å². The molecule has 0 amide bonds. The number of pyridine rings is 1. The van der Waals surface area contributed by atoms with Crippen LogP contribution in [-0.2, 0) is 22.4 Å². The highest BCUT2D eigenvalue weighted by Crippen LogP contribution is 2.21. The van der Waals surface area contributed by atoms with E-state index < -0.39 is 12.0 Å². The number of nitrogens with one attached hydrogen (secondary N) is 2. The average Bonchev–Trinajstić information content (AvgIpc) is 2.91. The van der Waals surface area contributed by atoms with Crippen molar-refractivity contribution in [3.8, 4) is 0 Å². The first kappa shape index (κ1) is 25.8. The number of carboxylic acid groups (broad SMARTS) is 1. The number of aryl methyl sites for hydroxylation is 2. The summed E-state index contributed by atoms with van der Waals surface area (Å²) in [5.74, 6) is 0.698. The van der Waals surface area contributed by atoms with Gasteiger partial charge in [-0.2, -0.15) is 0 Å². The van der Waals surface area contributed by atoms with E-state index in [-0.39, 0.29) is 0 Å². The number of hydrogen-bond donors (Lipinski definition) is 3. The van der Waals surface area contributed by atoms with Crippen molar-refractivity contribution in [1.29, 1.82) is 0 Å². The van der Waals surface area contributed by atoms with Gasteiger partial charge in [-0.15, -0.1) is 0 Å². The molecule has 0 fully saturated rings. The van der Waals surface area contributed by atoms with E-state index >= 15 is 0 Å². The van der Waals surface area contributed by atoms with Crippen molar-refractivity contribution in [1.82, 2.24) is 19.9 Å². The molecule has 36 heavy (non-hydrogen) atoms. The number of fused-ring (bicyclic) bond motifs is 2. The lowest BCUT2D eigenvalue weighted by Gasteiger charge is -2.24. The van der Waals surface area contributed by atoms with Gasteiger partial charge < -0.3 is 25.4 Å². The molecule has 3 N–H and O–H groups in total. The number of carboxylic acids is 1. The maximum absolute atomic E-state index is 12.0. The fraction of sp³-hybridized carbons (Fsp3) is 0.481. The van der Waals surface area contributed by atoms with Gasteiger partial charge in [0.15, 0.2) is 0 Å². The predicted octanol–water partition coefficient (Wildman–Crippen LogP) is 3.61. The molecular weight excluding hydrogens is 456 g/mol. The maximum Gasteiger partial charge on any atom is 0.326 e. The number of hydrogen-bond acceptors (Lipinski definition) is 8. The molecule has 3 aromatic rings. The van der Waals surface area contributed by atoms with Crippen LogP contribution in [0.3, 0.4) is 0 Å². The highest BCUT2D eigenvalue weighted by molar-refractivity contribution is 5.90. The number of ether oxygens (including phenoxy) is 1. The third kappa shape index (κ3) is 7.11. The summed E-state index contributed by atoms with van der Waals surface area (Å²) in [7, 11) is 1.69. The summed E-state index contributed by atoms with van der Waals surface area (Å²) in [6.07, 6.45) is 7.16. The van der Waals surface area contributed by atoms with E-state index in [4.69, 9.17) is 9.72 Å². The van der Waals surface area contributed by atoms with Gasteiger partial charge in [-0.25, -0.2) is 19.7 Å². The molecule has 1 aliphatic heterocycles. The van der Waals surface area contributed by atoms with Gasteiger partial charge in [0.05, 0.1) is 12.1 Å². The minimum Gasteiger partial charge on any atom is -0.480 e. The van der Waals surface area contributed by atoms with Crippen LogP contribution in [0.25, 0.3) is 10.9 Å². The lowest BCUT2D eigenvalue weighted by molar-refractivity contribution is -0.138. The quantitative estimate of drug-likeness (QED) is 0.291. The van der Waals surface area contributed by atoms with Crippen molar-refractivity contribution in [3.63, 3.8) is 0 Å². The van der Waals surface area contributed by atoms with Crippen molar-refractivity contribution < 1.29 is 14.6 Å². The van der Waals surface area contributed by atoms with Crippen molar-refractivity contribution in [2.24, 2.45) is 0 Å². The molecule has 0 unspecified atom stereocenters. The number of rotatable bonds is 14. The highest BCUT2D eigenvalue weighted by atomic mass is 16.5. The fourth-order valence-corrected chi connectivity index (χ4v) is 4.56. The molecule has 0 saturated heterocycles. The second-order valence-corrected chi connectivity index (χ2v) is 9.20. The number of benzene rings is 1. The molecule has 9 nitrogen and oxygen atoms in total. The van der Waals surface area contributed by atoms with Crippen molar-refractivity contribution in [2.75, 3.05) is 50.5 Å². The summed E-state index contributed by atoms with van der Waals surface area (Å²) in [6, 6.07) is 11.2. The summed E-state index contributed by atoms with van der Waals surface area (Å²) in [5.41, 5.74) is 3.22. The van der Waals surface area contributed by atoms with Gasteiger partial charge in [-0.05, 0) is 68.8 Å². The van der Waals surface area contributed by atoms with Gasteiger partial charge in [-0.3, -0.25) is 0 Å². The van der Waals surface area contributed by atoms with Crippen LogP contribution in [0, 0.1) is 0 Å². The van der Waals surface area contributed by atoms with Gasteiger partial charge in [0.25, 0.3) is 0 Å². The standard InChI is InChI=1S/C27H36N6O3/c1-36-18-17-33(15-5-4-8-21-12-11-20-7-6-14-28-25(20)31-21)16-13-24(27(34)35)32-26-22-9-2-3-10-23(22)29-19-30-26/h2-3,9-12,19,24H,4-8,13-18H2,1H3,(H,28,31)(H,34,35)(H,29,30,32)/t24-/m0/s1. The molecule has 192 valence electrons. The van der Waals surface area contributed by atoms with E-state index in [1.165, 1.54) is 18.3 Å². The Morgan fingerprint density at radius 3 is 2.92 bits per heavy atom. The molecule has 1 aromatic carbocycles. The SMILES string of the molecule is COCCN(CCCCc1ccc2c(n1)NCCC2)CC[C@H](Nc1ncnc2ccccc12)C(=O)O. The molecule has 0 spiro atoms. The summed E-state index contributed by atoms with van der Waals surface area (Å²) in [5, 5.41) is 17.2. The van der Waals surface area contributed by atoms with Crippen LogP contribution in [0.4, 0.5) is 11.6 Å². The van der Waals surface area contributed by atoms with Crippen LogP contribution < -0.4 is 10.6 Å². The topological polar surface area (TPSA) is 113 Å². The summed E-state index contributed by atoms with van der Waals surface area (Å²) in [6.45, 7) is 3.91. The Hall–Kier alpha value is -3.30. The Labute approximate surface area is 212 Å². The van der Waals surface area contributed by atoms with Gasteiger partial charge in [-0.1, -0.05) is 18.2 Å². The average molecular weight is 493 g/mol. The lowest BCUT2D eigenvalue weighted by Crippen LogP contribution is -2.37. The monoisotopic (exact) mass is 492 g/mol. The summed E-state index contributed by atoms with van der Waals surface area (Å²) in [4.78, 5) is 27.6. The fourth-order valence-electron chi connectivity index (χ4n) is 4.56. The summed E-state index contributed by atoms with van der Waals surface area (Å²) >= 11 is 0. The summed E-state index contributed by atoms with van der Waals surface area (Å²) < 4.78 is 5.29. The first-order valence-electron chi connectivity index (χ1n) is 12.8. The minimum absolute atomic E-state index is 0.454.